The van der Waals surface area contributed by atoms with E-state index in [1.165, 1.54) is 18.5 Å². The van der Waals surface area contributed by atoms with E-state index in [0.29, 0.717) is 5.56 Å². The van der Waals surface area contributed by atoms with Crippen LogP contribution in [0.25, 0.3) is 0 Å². The molecule has 0 saturated heterocycles. The first-order chi connectivity index (χ1) is 9.22. The number of carbonyl (C=O) groups is 1. The minimum Gasteiger partial charge on any atom is -0.505 e. The Hall–Kier alpha value is -2.87. The van der Waals surface area contributed by atoms with Crippen LogP contribution in [-0.2, 0) is 0 Å². The Labute approximate surface area is 110 Å². The quantitative estimate of drug-likeness (QED) is 0.873. The van der Waals surface area contributed by atoms with Crippen molar-refractivity contribution >= 4 is 5.91 Å². The van der Waals surface area contributed by atoms with Crippen molar-refractivity contribution in [2.75, 3.05) is 0 Å². The number of hydrogen-bond donors (Lipinski definition) is 2. The summed E-state index contributed by atoms with van der Waals surface area (Å²) in [5.41, 5.74) is 0.776. The van der Waals surface area contributed by atoms with Crippen LogP contribution in [0.3, 0.4) is 0 Å². The molecule has 0 bridgehead atoms. The Kier molecular flexibility index (Phi) is 3.74. The zero-order valence-electron chi connectivity index (χ0n) is 9.95. The summed E-state index contributed by atoms with van der Waals surface area (Å²) in [4.78, 5) is 15.6. The second-order valence-corrected chi connectivity index (χ2v) is 3.84. The van der Waals surface area contributed by atoms with Crippen molar-refractivity contribution in [3.05, 3.63) is 59.9 Å². The van der Waals surface area contributed by atoms with E-state index in [1.807, 2.05) is 12.1 Å². The van der Waals surface area contributed by atoms with Gasteiger partial charge in [-0.05, 0) is 11.6 Å². The molecule has 0 saturated carbocycles. The lowest BCUT2D eigenvalue weighted by Crippen LogP contribution is -2.27. The van der Waals surface area contributed by atoms with Gasteiger partial charge in [-0.2, -0.15) is 5.26 Å². The van der Waals surface area contributed by atoms with Gasteiger partial charge in [0.15, 0.2) is 0 Å². The molecule has 0 fully saturated rings. The van der Waals surface area contributed by atoms with Crippen LogP contribution in [0.5, 0.6) is 5.75 Å². The highest BCUT2D eigenvalue weighted by atomic mass is 16.3. The van der Waals surface area contributed by atoms with Gasteiger partial charge in [-0.15, -0.1) is 0 Å². The maximum absolute atomic E-state index is 12.0. The lowest BCUT2D eigenvalue weighted by Gasteiger charge is -2.12. The van der Waals surface area contributed by atoms with Gasteiger partial charge in [0.25, 0.3) is 5.91 Å². The van der Waals surface area contributed by atoms with Gasteiger partial charge in [0.1, 0.15) is 11.8 Å². The minimum atomic E-state index is -0.763. The van der Waals surface area contributed by atoms with Gasteiger partial charge in [0.05, 0.1) is 17.8 Å². The minimum absolute atomic E-state index is 0.0891. The van der Waals surface area contributed by atoms with Crippen molar-refractivity contribution in [3.63, 3.8) is 0 Å². The van der Waals surface area contributed by atoms with E-state index < -0.39 is 11.9 Å². The van der Waals surface area contributed by atoms with Gasteiger partial charge in [-0.3, -0.25) is 9.78 Å². The van der Waals surface area contributed by atoms with Crippen LogP contribution in [0.1, 0.15) is 22.0 Å². The Morgan fingerprint density at radius 2 is 2.05 bits per heavy atom. The Morgan fingerprint density at radius 1 is 1.32 bits per heavy atom. The zero-order chi connectivity index (χ0) is 13.7. The Balaban J connectivity index is 2.19. The predicted octanol–water partition coefficient (Wildman–Crippen LogP) is 1.78. The molecule has 0 aliphatic heterocycles. The van der Waals surface area contributed by atoms with Gasteiger partial charge in [0.2, 0.25) is 0 Å². The summed E-state index contributed by atoms with van der Waals surface area (Å²) in [7, 11) is 0. The van der Waals surface area contributed by atoms with Gasteiger partial charge < -0.3 is 10.4 Å². The molecule has 2 aromatic rings. The standard InChI is InChI=1S/C14H11N3O2/c15-8-12(10-4-2-1-3-5-10)17-14(19)11-6-7-16-9-13(11)18/h1-7,9,12,18H,(H,17,19). The zero-order valence-corrected chi connectivity index (χ0v) is 9.95. The van der Waals surface area contributed by atoms with Crippen LogP contribution >= 0.6 is 0 Å². The third-order valence-corrected chi connectivity index (χ3v) is 2.58. The van der Waals surface area contributed by atoms with Gasteiger partial charge in [-0.25, -0.2) is 0 Å². The topological polar surface area (TPSA) is 86.0 Å². The number of pyridine rings is 1. The summed E-state index contributed by atoms with van der Waals surface area (Å²) in [5, 5.41) is 21.2. The normalized spacial score (nSPS) is 11.3. The average molecular weight is 253 g/mol. The first-order valence-electron chi connectivity index (χ1n) is 5.61. The third-order valence-electron chi connectivity index (χ3n) is 2.58. The second-order valence-electron chi connectivity index (χ2n) is 3.84. The fourth-order valence-electron chi connectivity index (χ4n) is 1.62. The summed E-state index contributed by atoms with van der Waals surface area (Å²) >= 11 is 0. The lowest BCUT2D eigenvalue weighted by atomic mass is 10.1. The Bertz CT molecular complexity index is 620. The van der Waals surface area contributed by atoms with E-state index in [9.17, 15) is 9.90 Å². The number of rotatable bonds is 3. The molecule has 1 aromatic heterocycles. The number of hydrogen-bond acceptors (Lipinski definition) is 4. The first-order valence-corrected chi connectivity index (χ1v) is 5.61. The van der Waals surface area contributed by atoms with Crippen molar-refractivity contribution in [1.82, 2.24) is 10.3 Å². The highest BCUT2D eigenvalue weighted by molar-refractivity contribution is 5.97. The number of aromatic hydroxyl groups is 1. The monoisotopic (exact) mass is 253 g/mol. The fourth-order valence-corrected chi connectivity index (χ4v) is 1.62. The van der Waals surface area contributed by atoms with Gasteiger partial charge >= 0.3 is 0 Å². The van der Waals surface area contributed by atoms with Crippen molar-refractivity contribution in [2.24, 2.45) is 0 Å². The van der Waals surface area contributed by atoms with Gasteiger partial charge in [0, 0.05) is 6.20 Å². The van der Waals surface area contributed by atoms with Crippen LogP contribution in [0.15, 0.2) is 48.8 Å². The number of nitrogens with zero attached hydrogens (tertiary/aromatic N) is 2. The molecule has 1 aromatic carbocycles. The van der Waals surface area contributed by atoms with Crippen LogP contribution in [0, 0.1) is 11.3 Å². The number of aromatic nitrogens is 1. The van der Waals surface area contributed by atoms with Crippen LogP contribution in [-0.4, -0.2) is 16.0 Å². The lowest BCUT2D eigenvalue weighted by molar-refractivity contribution is 0.0942. The van der Waals surface area contributed by atoms with E-state index in [0.717, 1.165) is 0 Å². The number of carbonyl (C=O) groups excluding carboxylic acids is 1. The molecule has 1 amide bonds. The molecule has 94 valence electrons. The van der Waals surface area contributed by atoms with Crippen LogP contribution < -0.4 is 5.32 Å². The molecule has 0 radical (unpaired) electrons. The summed E-state index contributed by atoms with van der Waals surface area (Å²) in [6.45, 7) is 0. The molecule has 1 unspecified atom stereocenters. The van der Waals surface area contributed by atoms with Gasteiger partial charge in [-0.1, -0.05) is 30.3 Å². The molecule has 1 atom stereocenters. The number of benzene rings is 1. The fraction of sp³-hybridized carbons (Fsp3) is 0.0714. The van der Waals surface area contributed by atoms with Crippen molar-refractivity contribution in [2.45, 2.75) is 6.04 Å². The predicted molar refractivity (Wildman–Crippen MR) is 68.2 cm³/mol. The van der Waals surface area contributed by atoms with E-state index >= 15 is 0 Å². The molecule has 5 heteroatoms. The summed E-state index contributed by atoms with van der Waals surface area (Å²) in [5.74, 6) is -0.736. The van der Waals surface area contributed by atoms with Crippen molar-refractivity contribution < 1.29 is 9.90 Å². The molecular weight excluding hydrogens is 242 g/mol. The van der Waals surface area contributed by atoms with Crippen LogP contribution in [0.4, 0.5) is 0 Å². The van der Waals surface area contributed by atoms with E-state index in [1.54, 1.807) is 24.3 Å². The van der Waals surface area contributed by atoms with Crippen molar-refractivity contribution in [3.8, 4) is 11.8 Å². The number of amides is 1. The number of nitrogens with one attached hydrogen (secondary N) is 1. The average Bonchev–Trinajstić information content (AvgIpc) is 2.46. The molecule has 0 aliphatic carbocycles. The van der Waals surface area contributed by atoms with E-state index in [2.05, 4.69) is 10.3 Å². The third kappa shape index (κ3) is 2.87. The molecule has 19 heavy (non-hydrogen) atoms. The molecule has 5 nitrogen and oxygen atoms in total. The molecule has 1 heterocycles. The summed E-state index contributed by atoms with van der Waals surface area (Å²) in [6.07, 6.45) is 2.58. The maximum atomic E-state index is 12.0. The maximum Gasteiger partial charge on any atom is 0.256 e. The Morgan fingerprint density at radius 3 is 2.68 bits per heavy atom. The molecule has 2 rings (SSSR count). The highest BCUT2D eigenvalue weighted by Gasteiger charge is 2.17. The first kappa shape index (κ1) is 12.6. The van der Waals surface area contributed by atoms with Crippen molar-refractivity contribution in [1.29, 1.82) is 5.26 Å². The molecule has 0 spiro atoms. The largest absolute Gasteiger partial charge is 0.505 e. The number of nitriles is 1. The van der Waals surface area contributed by atoms with Crippen LogP contribution in [0.2, 0.25) is 0 Å². The van der Waals surface area contributed by atoms with E-state index in [4.69, 9.17) is 5.26 Å². The summed E-state index contributed by atoms with van der Waals surface area (Å²) < 4.78 is 0. The molecular formula is C14H11N3O2. The second kappa shape index (κ2) is 5.65. The smallest absolute Gasteiger partial charge is 0.256 e. The SMILES string of the molecule is N#CC(NC(=O)c1ccncc1O)c1ccccc1. The molecule has 2 N–H and O–H groups in total. The molecule has 0 aliphatic rings. The van der Waals surface area contributed by atoms with E-state index in [-0.39, 0.29) is 11.3 Å². The summed E-state index contributed by atoms with van der Waals surface area (Å²) in [6, 6.07) is 11.5. The highest BCUT2D eigenvalue weighted by Crippen LogP contribution is 2.16.